The number of benzene rings is 4. The largest absolute Gasteiger partial charge is 0.492 e. The van der Waals surface area contributed by atoms with E-state index < -0.39 is 10.8 Å². The van der Waals surface area contributed by atoms with Crippen molar-refractivity contribution in [1.29, 1.82) is 0 Å². The molecule has 0 N–H and O–H groups in total. The van der Waals surface area contributed by atoms with Gasteiger partial charge in [0.1, 0.15) is 11.5 Å². The number of fused-ring (bicyclic) bond motifs is 9. The zero-order valence-electron chi connectivity index (χ0n) is 61.2. The topological polar surface area (TPSA) is 52.6 Å². The van der Waals surface area contributed by atoms with Gasteiger partial charge in [0.25, 0.3) is 0 Å². The molecule has 0 amide bonds. The Kier molecular flexibility index (Phi) is 26.0. The summed E-state index contributed by atoms with van der Waals surface area (Å²) in [6, 6.07) is 48.7. The predicted octanol–water partition coefficient (Wildman–Crippen LogP) is 28.6. The number of thiophene rings is 6. The van der Waals surface area contributed by atoms with Crippen LogP contribution in [0.25, 0.3) is 48.4 Å². The van der Waals surface area contributed by atoms with Gasteiger partial charge in [0, 0.05) is 33.0 Å². The number of aryl methyl sites for hydroxylation is 4. The van der Waals surface area contributed by atoms with Crippen LogP contribution in [-0.2, 0) is 36.5 Å². The van der Waals surface area contributed by atoms with Crippen molar-refractivity contribution >= 4 is 90.0 Å². The Morgan fingerprint density at radius 1 is 0.340 bits per heavy atom. The molecular weight excluding hydrogens is 1340 g/mol. The molecular formula is C90H108O4S6. The number of rotatable bonds is 42. The normalized spacial score (nSPS) is 14.0. The molecule has 6 heterocycles. The summed E-state index contributed by atoms with van der Waals surface area (Å²) in [5, 5.41) is 0. The van der Waals surface area contributed by atoms with Gasteiger partial charge in [-0.1, -0.05) is 268 Å². The summed E-state index contributed by atoms with van der Waals surface area (Å²) in [6.07, 6.45) is 35.0. The molecule has 2 unspecified atom stereocenters. The lowest BCUT2D eigenvalue weighted by Crippen LogP contribution is -2.29. The molecule has 4 aromatic carbocycles. The maximum atomic E-state index is 13.0. The lowest BCUT2D eigenvalue weighted by atomic mass is 9.67. The number of hydrogen-bond donors (Lipinski definition) is 0. The molecule has 2 aliphatic carbocycles. The van der Waals surface area contributed by atoms with Crippen LogP contribution in [0.3, 0.4) is 0 Å². The van der Waals surface area contributed by atoms with E-state index in [1.54, 1.807) is 22.7 Å². The van der Waals surface area contributed by atoms with Gasteiger partial charge in [-0.05, 0) is 144 Å². The number of carbonyl (C=O) groups is 2. The first-order valence-corrected chi connectivity index (χ1v) is 43.7. The van der Waals surface area contributed by atoms with E-state index in [1.165, 1.54) is 211 Å². The van der Waals surface area contributed by atoms with E-state index in [1.807, 2.05) is 57.5 Å². The molecule has 6 aromatic heterocycles. The summed E-state index contributed by atoms with van der Waals surface area (Å²) in [7, 11) is 0. The molecule has 2 aliphatic rings. The lowest BCUT2D eigenvalue weighted by Gasteiger charge is -2.34. The highest BCUT2D eigenvalue weighted by molar-refractivity contribution is 7.35. The van der Waals surface area contributed by atoms with Gasteiger partial charge in [0.15, 0.2) is 12.6 Å². The summed E-state index contributed by atoms with van der Waals surface area (Å²) in [6.45, 7) is 19.6. The summed E-state index contributed by atoms with van der Waals surface area (Å²) < 4.78 is 16.7. The van der Waals surface area contributed by atoms with Crippen LogP contribution in [0.4, 0.5) is 0 Å². The maximum Gasteiger partial charge on any atom is 0.160 e. The predicted molar refractivity (Wildman–Crippen MR) is 436 cm³/mol. The summed E-state index contributed by atoms with van der Waals surface area (Å²) in [5.41, 5.74) is 14.8. The molecule has 12 rings (SSSR count). The van der Waals surface area contributed by atoms with Crippen LogP contribution in [-0.4, -0.2) is 25.8 Å². The molecule has 0 bridgehead atoms. The Morgan fingerprint density at radius 2 is 0.650 bits per heavy atom. The zero-order valence-corrected chi connectivity index (χ0v) is 66.1. The molecule has 528 valence electrons. The molecule has 0 fully saturated rings. The van der Waals surface area contributed by atoms with Crippen molar-refractivity contribution in [2.24, 2.45) is 11.8 Å². The minimum absolute atomic E-state index is 0.447. The quantitative estimate of drug-likeness (QED) is 0.0283. The van der Waals surface area contributed by atoms with Crippen LogP contribution in [0.2, 0.25) is 0 Å². The number of aldehydes is 2. The SMILES string of the molecule is CCCCCCc1ccc(C2(c3ccc(CCCCCC)cc3)c3cc(-c4sc(C=O)cc4OCC(CC)CCCC)sc3-c3sc4c5c(sc4c32)-c2sc(-c3sc(C=O)cc3OCC(CC)CCCC)cc2C5(c2ccc(CCCCCC)cc2)c2ccc(CCCCCC)cc2)cc1. The van der Waals surface area contributed by atoms with Crippen LogP contribution < -0.4 is 9.47 Å². The summed E-state index contributed by atoms with van der Waals surface area (Å²) in [5.74, 6) is 2.55. The van der Waals surface area contributed by atoms with E-state index in [-0.39, 0.29) is 0 Å². The Hall–Kier alpha value is -5.72. The zero-order chi connectivity index (χ0) is 69.6. The first-order chi connectivity index (χ1) is 49.1. The smallest absolute Gasteiger partial charge is 0.160 e. The molecule has 10 heteroatoms. The Labute approximate surface area is 623 Å². The molecule has 10 aromatic rings. The van der Waals surface area contributed by atoms with E-state index in [0.29, 0.717) is 34.8 Å². The molecule has 2 atom stereocenters. The minimum Gasteiger partial charge on any atom is -0.492 e. The van der Waals surface area contributed by atoms with Gasteiger partial charge in [-0.15, -0.1) is 68.0 Å². The van der Waals surface area contributed by atoms with Crippen molar-refractivity contribution < 1.29 is 19.1 Å². The van der Waals surface area contributed by atoms with E-state index in [4.69, 9.17) is 9.47 Å². The van der Waals surface area contributed by atoms with Crippen molar-refractivity contribution in [2.45, 2.75) is 246 Å². The van der Waals surface area contributed by atoms with Crippen LogP contribution in [0.15, 0.2) is 121 Å². The highest BCUT2D eigenvalue weighted by Gasteiger charge is 2.55. The average molecular weight is 1450 g/mol. The number of carbonyl (C=O) groups excluding carboxylic acids is 2. The molecule has 0 saturated carbocycles. The highest BCUT2D eigenvalue weighted by Crippen LogP contribution is 2.71. The third-order valence-corrected chi connectivity index (χ3v) is 29.5. The van der Waals surface area contributed by atoms with Gasteiger partial charge < -0.3 is 9.47 Å². The molecule has 0 spiro atoms. The minimum atomic E-state index is -0.691. The first kappa shape index (κ1) is 74.0. The first-order valence-electron chi connectivity index (χ1n) is 38.8. The van der Waals surface area contributed by atoms with Crippen LogP contribution in [0.5, 0.6) is 11.5 Å². The maximum absolute atomic E-state index is 13.0. The molecule has 0 saturated heterocycles. The molecule has 100 heavy (non-hydrogen) atoms. The molecule has 0 aliphatic heterocycles. The second-order valence-electron chi connectivity index (χ2n) is 28.9. The van der Waals surface area contributed by atoms with Gasteiger partial charge in [0.05, 0.1) is 72.5 Å². The van der Waals surface area contributed by atoms with Gasteiger partial charge >= 0.3 is 0 Å². The summed E-state index contributed by atoms with van der Waals surface area (Å²) in [4.78, 5) is 37.1. The van der Waals surface area contributed by atoms with Crippen molar-refractivity contribution in [3.63, 3.8) is 0 Å². The van der Waals surface area contributed by atoms with E-state index in [9.17, 15) is 9.59 Å². The number of hydrogen-bond acceptors (Lipinski definition) is 10. The Bertz CT molecular complexity index is 3870. The molecule has 0 radical (unpaired) electrons. The van der Waals surface area contributed by atoms with Crippen molar-refractivity contribution in [3.8, 4) is 50.5 Å². The fourth-order valence-electron chi connectivity index (χ4n) is 16.0. The van der Waals surface area contributed by atoms with Crippen molar-refractivity contribution in [2.75, 3.05) is 13.2 Å². The fraction of sp³-hybridized carbons (Fsp3) is 0.467. The van der Waals surface area contributed by atoms with Crippen molar-refractivity contribution in [1.82, 2.24) is 0 Å². The van der Waals surface area contributed by atoms with Gasteiger partial charge in [-0.3, -0.25) is 9.59 Å². The standard InChI is InChI=1S/C90H108O4S6/c1-9-17-23-27-33-63-37-45-67(46-38-63)89(68-47-39-64(40-48-68)34-28-24-18-10-2)73-55-77(83-75(53-71(57-91)95-83)93-59-61(15-7)31-21-13-5)97-81(73)85-79(89)87-88(99-85)80-86(100-87)82-74(56-78(98-82)84-76(54-72(58-92)96-84)94-60-62(16-8)32-22-14-6)90(80,69-49-41-65(42-50-69)35-29-25-19-11-3)70-51-43-66(44-52-70)36-30-26-20-12-4/h37-58,61-62H,9-36,59-60H2,1-8H3. The van der Waals surface area contributed by atoms with Crippen LogP contribution >= 0.6 is 68.0 Å². The third-order valence-electron chi connectivity index (χ3n) is 21.9. The van der Waals surface area contributed by atoms with Gasteiger partial charge in [-0.25, -0.2) is 0 Å². The second-order valence-corrected chi connectivity index (χ2v) is 35.2. The van der Waals surface area contributed by atoms with Crippen molar-refractivity contribution in [3.05, 3.63) is 198 Å². The Balaban J connectivity index is 1.13. The second kappa shape index (κ2) is 35.2. The highest BCUT2D eigenvalue weighted by atomic mass is 32.1. The van der Waals surface area contributed by atoms with Gasteiger partial charge in [0.2, 0.25) is 0 Å². The Morgan fingerprint density at radius 3 is 0.930 bits per heavy atom. The van der Waals surface area contributed by atoms with Crippen LogP contribution in [0, 0.1) is 11.8 Å². The number of ether oxygens (including phenoxy) is 2. The monoisotopic (exact) mass is 1440 g/mol. The molecule has 4 nitrogen and oxygen atoms in total. The summed E-state index contributed by atoms with van der Waals surface area (Å²) >= 11 is 11.0. The van der Waals surface area contributed by atoms with E-state index in [0.717, 1.165) is 108 Å². The van der Waals surface area contributed by atoms with Crippen LogP contribution in [0.1, 0.15) is 296 Å². The average Bonchev–Trinajstić information content (AvgIpc) is 1.49. The lowest BCUT2D eigenvalue weighted by molar-refractivity contribution is 0.111. The van der Waals surface area contributed by atoms with Gasteiger partial charge in [-0.2, -0.15) is 0 Å². The third kappa shape index (κ3) is 15.3. The fourth-order valence-corrected chi connectivity index (χ4v) is 23.9. The van der Waals surface area contributed by atoms with E-state index >= 15 is 0 Å². The number of unbranched alkanes of at least 4 members (excludes halogenated alkanes) is 14. The van der Waals surface area contributed by atoms with E-state index in [2.05, 4.69) is 165 Å².